The van der Waals surface area contributed by atoms with Crippen LogP contribution in [0.15, 0.2) is 0 Å². The Morgan fingerprint density at radius 2 is 2.15 bits per heavy atom. The van der Waals surface area contributed by atoms with Crippen molar-refractivity contribution in [3.05, 3.63) is 10.6 Å². The minimum Gasteiger partial charge on any atom is -0.373 e. The van der Waals surface area contributed by atoms with E-state index in [2.05, 4.69) is 33.7 Å². The van der Waals surface area contributed by atoms with Gasteiger partial charge in [-0.1, -0.05) is 11.4 Å². The molecule has 0 aromatic carbocycles. The molecule has 0 bridgehead atoms. The molecular weight excluding hydrogens is 276 g/mol. The molecule has 0 saturated carbocycles. The van der Waals surface area contributed by atoms with Crippen LogP contribution in [0.1, 0.15) is 36.1 Å². The van der Waals surface area contributed by atoms with Gasteiger partial charge in [-0.3, -0.25) is 9.69 Å². The normalized spacial score (nSPS) is 23.8. The van der Waals surface area contributed by atoms with Gasteiger partial charge in [0.15, 0.2) is 0 Å². The standard InChI is InChI=1S/C13H22N4O2S/c1-4-11-12(20-16-15-11)13(18)14-5-6-17-7-9(2)19-10(3)8-17/h9-10H,4-8H2,1-3H3,(H,14,18)/t9-,10+. The molecule has 2 atom stereocenters. The van der Waals surface area contributed by atoms with Crippen LogP contribution in [0.3, 0.4) is 0 Å². The quantitative estimate of drug-likeness (QED) is 0.876. The van der Waals surface area contributed by atoms with E-state index in [0.29, 0.717) is 11.4 Å². The monoisotopic (exact) mass is 298 g/mol. The van der Waals surface area contributed by atoms with Crippen molar-refractivity contribution in [3.63, 3.8) is 0 Å². The van der Waals surface area contributed by atoms with Gasteiger partial charge >= 0.3 is 0 Å². The first kappa shape index (κ1) is 15.3. The molecule has 112 valence electrons. The highest BCUT2D eigenvalue weighted by Gasteiger charge is 2.22. The molecule has 1 saturated heterocycles. The molecule has 1 aromatic rings. The number of aromatic nitrogens is 2. The zero-order valence-corrected chi connectivity index (χ0v) is 13.1. The van der Waals surface area contributed by atoms with Gasteiger partial charge in [-0.2, -0.15) is 0 Å². The fourth-order valence-corrected chi connectivity index (χ4v) is 3.15. The van der Waals surface area contributed by atoms with Gasteiger partial charge in [0.1, 0.15) is 4.88 Å². The predicted molar refractivity (Wildman–Crippen MR) is 78.1 cm³/mol. The van der Waals surface area contributed by atoms with Crippen LogP contribution < -0.4 is 5.32 Å². The van der Waals surface area contributed by atoms with E-state index in [0.717, 1.165) is 43.3 Å². The van der Waals surface area contributed by atoms with Crippen LogP contribution in [0.25, 0.3) is 0 Å². The van der Waals surface area contributed by atoms with E-state index in [-0.39, 0.29) is 18.1 Å². The lowest BCUT2D eigenvalue weighted by Gasteiger charge is -2.35. The van der Waals surface area contributed by atoms with Gasteiger partial charge in [-0.15, -0.1) is 5.10 Å². The number of hydrogen-bond donors (Lipinski definition) is 1. The minimum absolute atomic E-state index is 0.0637. The summed E-state index contributed by atoms with van der Waals surface area (Å²) in [4.78, 5) is 15.0. The van der Waals surface area contributed by atoms with E-state index in [1.165, 1.54) is 0 Å². The molecule has 1 fully saturated rings. The van der Waals surface area contributed by atoms with Crippen LogP contribution in [0.2, 0.25) is 0 Å². The van der Waals surface area contributed by atoms with Crippen molar-refractivity contribution in [1.29, 1.82) is 0 Å². The van der Waals surface area contributed by atoms with Crippen LogP contribution in [0.5, 0.6) is 0 Å². The number of amides is 1. The van der Waals surface area contributed by atoms with Gasteiger partial charge in [-0.25, -0.2) is 0 Å². The van der Waals surface area contributed by atoms with E-state index in [1.54, 1.807) is 0 Å². The van der Waals surface area contributed by atoms with Gasteiger partial charge in [0.05, 0.1) is 17.9 Å². The maximum atomic E-state index is 12.0. The second-order valence-corrected chi connectivity index (χ2v) is 5.93. The highest BCUT2D eigenvalue weighted by Crippen LogP contribution is 2.11. The van der Waals surface area contributed by atoms with Crippen LogP contribution in [-0.2, 0) is 11.2 Å². The van der Waals surface area contributed by atoms with E-state index in [9.17, 15) is 4.79 Å². The summed E-state index contributed by atoms with van der Waals surface area (Å²) in [5.74, 6) is -0.0637. The summed E-state index contributed by atoms with van der Waals surface area (Å²) in [6.07, 6.45) is 1.25. The predicted octanol–water partition coefficient (Wildman–Crippen LogP) is 0.940. The van der Waals surface area contributed by atoms with Gasteiger partial charge < -0.3 is 10.1 Å². The molecule has 7 heteroatoms. The van der Waals surface area contributed by atoms with Crippen molar-refractivity contribution in [1.82, 2.24) is 19.8 Å². The second-order valence-electron chi connectivity index (χ2n) is 5.18. The Hall–Kier alpha value is -1.05. The molecule has 1 amide bonds. The molecular formula is C13H22N4O2S. The minimum atomic E-state index is -0.0637. The summed E-state index contributed by atoms with van der Waals surface area (Å²) in [6.45, 7) is 9.46. The number of nitrogens with one attached hydrogen (secondary N) is 1. The van der Waals surface area contributed by atoms with Crippen LogP contribution in [-0.4, -0.2) is 58.8 Å². The molecule has 0 aliphatic carbocycles. The number of nitrogens with zero attached hydrogens (tertiary/aromatic N) is 3. The lowest BCUT2D eigenvalue weighted by molar-refractivity contribution is -0.0672. The number of ether oxygens (including phenoxy) is 1. The average molecular weight is 298 g/mol. The molecule has 0 radical (unpaired) electrons. The Morgan fingerprint density at radius 1 is 1.45 bits per heavy atom. The van der Waals surface area contributed by atoms with Crippen molar-refractivity contribution in [2.24, 2.45) is 0 Å². The lowest BCUT2D eigenvalue weighted by Crippen LogP contribution is -2.47. The van der Waals surface area contributed by atoms with E-state index < -0.39 is 0 Å². The van der Waals surface area contributed by atoms with E-state index in [4.69, 9.17) is 4.74 Å². The third-order valence-electron chi connectivity index (χ3n) is 3.31. The molecule has 2 heterocycles. The molecule has 1 aliphatic heterocycles. The van der Waals surface area contributed by atoms with Crippen LogP contribution >= 0.6 is 11.5 Å². The Balaban J connectivity index is 1.77. The molecule has 1 aromatic heterocycles. The molecule has 0 unspecified atom stereocenters. The summed E-state index contributed by atoms with van der Waals surface area (Å²) in [7, 11) is 0. The molecule has 0 spiro atoms. The first-order valence-corrected chi connectivity index (χ1v) is 7.84. The number of carbonyl (C=O) groups excluding carboxylic acids is 1. The largest absolute Gasteiger partial charge is 0.373 e. The fraction of sp³-hybridized carbons (Fsp3) is 0.769. The Bertz CT molecular complexity index is 441. The third kappa shape index (κ3) is 3.97. The number of carbonyl (C=O) groups is 1. The summed E-state index contributed by atoms with van der Waals surface area (Å²) in [5, 5.41) is 6.90. The summed E-state index contributed by atoms with van der Waals surface area (Å²) < 4.78 is 9.52. The highest BCUT2D eigenvalue weighted by molar-refractivity contribution is 7.08. The summed E-state index contributed by atoms with van der Waals surface area (Å²) >= 11 is 1.16. The van der Waals surface area contributed by atoms with Gasteiger partial charge in [0.25, 0.3) is 5.91 Å². The number of aryl methyl sites for hydroxylation is 1. The molecule has 2 rings (SSSR count). The average Bonchev–Trinajstić information content (AvgIpc) is 2.85. The van der Waals surface area contributed by atoms with Crippen LogP contribution in [0, 0.1) is 0 Å². The highest BCUT2D eigenvalue weighted by atomic mass is 32.1. The number of morpholine rings is 1. The van der Waals surface area contributed by atoms with Crippen molar-refractivity contribution in [2.75, 3.05) is 26.2 Å². The summed E-state index contributed by atoms with van der Waals surface area (Å²) in [5.41, 5.74) is 0.779. The SMILES string of the molecule is CCc1nnsc1C(=O)NCCN1C[C@@H](C)O[C@@H](C)C1. The Kier molecular flexibility index (Phi) is 5.45. The van der Waals surface area contributed by atoms with E-state index >= 15 is 0 Å². The van der Waals surface area contributed by atoms with Gasteiger partial charge in [0.2, 0.25) is 0 Å². The first-order valence-electron chi connectivity index (χ1n) is 7.07. The molecule has 1 aliphatic rings. The smallest absolute Gasteiger partial charge is 0.264 e. The maximum absolute atomic E-state index is 12.0. The van der Waals surface area contributed by atoms with Crippen LogP contribution in [0.4, 0.5) is 0 Å². The van der Waals surface area contributed by atoms with Crippen molar-refractivity contribution in [3.8, 4) is 0 Å². The summed E-state index contributed by atoms with van der Waals surface area (Å²) in [6, 6.07) is 0. The van der Waals surface area contributed by atoms with Crippen molar-refractivity contribution in [2.45, 2.75) is 39.4 Å². The Morgan fingerprint density at radius 3 is 2.80 bits per heavy atom. The van der Waals surface area contributed by atoms with Crippen molar-refractivity contribution < 1.29 is 9.53 Å². The van der Waals surface area contributed by atoms with Gasteiger partial charge in [-0.05, 0) is 31.8 Å². The van der Waals surface area contributed by atoms with Crippen molar-refractivity contribution >= 4 is 17.4 Å². The number of rotatable bonds is 5. The number of hydrogen-bond acceptors (Lipinski definition) is 6. The maximum Gasteiger partial charge on any atom is 0.264 e. The molecule has 6 nitrogen and oxygen atoms in total. The van der Waals surface area contributed by atoms with E-state index in [1.807, 2.05) is 6.92 Å². The third-order valence-corrected chi connectivity index (χ3v) is 4.07. The zero-order chi connectivity index (χ0) is 14.5. The zero-order valence-electron chi connectivity index (χ0n) is 12.3. The Labute approximate surface area is 123 Å². The topological polar surface area (TPSA) is 67.4 Å². The van der Waals surface area contributed by atoms with Gasteiger partial charge in [0, 0.05) is 26.2 Å². The molecule has 1 N–H and O–H groups in total. The first-order chi connectivity index (χ1) is 9.60. The second kappa shape index (κ2) is 7.10. The molecule has 20 heavy (non-hydrogen) atoms. The lowest BCUT2D eigenvalue weighted by atomic mass is 10.2. The fourth-order valence-electron chi connectivity index (χ4n) is 2.49.